The van der Waals surface area contributed by atoms with Gasteiger partial charge in [0.2, 0.25) is 0 Å². The van der Waals surface area contributed by atoms with Gasteiger partial charge in [0, 0.05) is 31.9 Å². The van der Waals surface area contributed by atoms with Crippen LogP contribution in [0.3, 0.4) is 0 Å². The van der Waals surface area contributed by atoms with Crippen LogP contribution in [0.25, 0.3) is 0 Å². The van der Waals surface area contributed by atoms with Gasteiger partial charge < -0.3 is 10.4 Å². The van der Waals surface area contributed by atoms with Crippen LogP contribution in [0.15, 0.2) is 12.3 Å². The lowest BCUT2D eigenvalue weighted by Gasteiger charge is -2.24. The molecule has 0 radical (unpaired) electrons. The molecule has 1 saturated heterocycles. The molecule has 18 heavy (non-hydrogen) atoms. The molecule has 1 fully saturated rings. The molecule has 5 heteroatoms. The summed E-state index contributed by atoms with van der Waals surface area (Å²) in [6.07, 6.45) is 4.28. The van der Waals surface area contributed by atoms with Crippen LogP contribution in [0.4, 0.5) is 0 Å². The summed E-state index contributed by atoms with van der Waals surface area (Å²) in [5.41, 5.74) is 1.02. The molecule has 0 aromatic carbocycles. The van der Waals surface area contributed by atoms with Gasteiger partial charge in [0.05, 0.1) is 12.3 Å². The number of hydrogen-bond donors (Lipinski definition) is 2. The molecule has 1 aromatic heterocycles. The Hall–Kier alpha value is -1.04. The van der Waals surface area contributed by atoms with Gasteiger partial charge in [-0.3, -0.25) is 4.90 Å². The number of hydrogen-bond acceptors (Lipinski definition) is 5. The first kappa shape index (κ1) is 13.4. The van der Waals surface area contributed by atoms with Crippen LogP contribution in [0.1, 0.15) is 24.4 Å². The summed E-state index contributed by atoms with van der Waals surface area (Å²) >= 11 is 0. The Morgan fingerprint density at radius 3 is 3.11 bits per heavy atom. The lowest BCUT2D eigenvalue weighted by atomic mass is 10.2. The monoisotopic (exact) mass is 250 g/mol. The molecule has 0 amide bonds. The maximum Gasteiger partial charge on any atom is 0.125 e. The van der Waals surface area contributed by atoms with Crippen molar-refractivity contribution in [3.8, 4) is 0 Å². The molecule has 1 aliphatic heterocycles. The van der Waals surface area contributed by atoms with Gasteiger partial charge in [-0.1, -0.05) is 0 Å². The van der Waals surface area contributed by atoms with Crippen molar-refractivity contribution in [2.45, 2.75) is 32.4 Å². The second kappa shape index (κ2) is 6.78. The van der Waals surface area contributed by atoms with Crippen LogP contribution < -0.4 is 5.32 Å². The van der Waals surface area contributed by atoms with Gasteiger partial charge in [-0.2, -0.15) is 0 Å². The summed E-state index contributed by atoms with van der Waals surface area (Å²) in [4.78, 5) is 10.8. The molecule has 0 aliphatic carbocycles. The van der Waals surface area contributed by atoms with Crippen molar-refractivity contribution in [2.24, 2.45) is 0 Å². The zero-order valence-electron chi connectivity index (χ0n) is 11.0. The molecule has 1 aliphatic rings. The van der Waals surface area contributed by atoms with E-state index in [1.165, 1.54) is 12.8 Å². The van der Waals surface area contributed by atoms with Crippen LogP contribution in [-0.4, -0.2) is 52.3 Å². The summed E-state index contributed by atoms with van der Waals surface area (Å²) < 4.78 is 0. The van der Waals surface area contributed by atoms with Crippen molar-refractivity contribution in [3.05, 3.63) is 23.8 Å². The van der Waals surface area contributed by atoms with Crippen molar-refractivity contribution < 1.29 is 5.11 Å². The first-order chi connectivity index (χ1) is 8.78. The molecule has 2 heterocycles. The normalized spacial score (nSPS) is 19.6. The van der Waals surface area contributed by atoms with Gasteiger partial charge in [0.25, 0.3) is 0 Å². The first-order valence-corrected chi connectivity index (χ1v) is 6.63. The molecular formula is C13H22N4O. The third-order valence-corrected chi connectivity index (χ3v) is 3.28. The van der Waals surface area contributed by atoms with Crippen molar-refractivity contribution in [3.63, 3.8) is 0 Å². The Kier molecular flexibility index (Phi) is 5.04. The average Bonchev–Trinajstić information content (AvgIpc) is 2.82. The standard InChI is InChI=1S/C13H22N4O/c1-11-14-6-4-13(16-11)10-17(7-8-18)9-12-3-2-5-15-12/h4,6,12,15,18H,2-3,5,7-10H2,1H3. The number of aliphatic hydroxyl groups excluding tert-OH is 1. The van der Waals surface area contributed by atoms with Gasteiger partial charge in [-0.05, 0) is 32.4 Å². The van der Waals surface area contributed by atoms with E-state index in [1.807, 2.05) is 13.0 Å². The summed E-state index contributed by atoms with van der Waals surface area (Å²) in [7, 11) is 0. The second-order valence-electron chi connectivity index (χ2n) is 4.85. The highest BCUT2D eigenvalue weighted by Crippen LogP contribution is 2.09. The van der Waals surface area contributed by atoms with E-state index in [9.17, 15) is 0 Å². The molecular weight excluding hydrogens is 228 g/mol. The molecule has 1 aromatic rings. The minimum atomic E-state index is 0.191. The molecule has 2 rings (SSSR count). The number of nitrogens with zero attached hydrogens (tertiary/aromatic N) is 3. The lowest BCUT2D eigenvalue weighted by molar-refractivity contribution is 0.177. The Balaban J connectivity index is 1.92. The molecule has 1 unspecified atom stereocenters. The Morgan fingerprint density at radius 1 is 1.56 bits per heavy atom. The van der Waals surface area contributed by atoms with Crippen molar-refractivity contribution in [1.29, 1.82) is 0 Å². The zero-order chi connectivity index (χ0) is 12.8. The van der Waals surface area contributed by atoms with Gasteiger partial charge in [-0.15, -0.1) is 0 Å². The maximum absolute atomic E-state index is 9.15. The van der Waals surface area contributed by atoms with E-state index >= 15 is 0 Å². The fourth-order valence-corrected chi connectivity index (χ4v) is 2.42. The minimum Gasteiger partial charge on any atom is -0.395 e. The van der Waals surface area contributed by atoms with Crippen LogP contribution in [0, 0.1) is 6.92 Å². The predicted octanol–water partition coefficient (Wildman–Crippen LogP) is 0.331. The second-order valence-corrected chi connectivity index (χ2v) is 4.85. The van der Waals surface area contributed by atoms with Gasteiger partial charge >= 0.3 is 0 Å². The molecule has 0 spiro atoms. The molecule has 5 nitrogen and oxygen atoms in total. The molecule has 2 N–H and O–H groups in total. The quantitative estimate of drug-likeness (QED) is 0.762. The summed E-state index contributed by atoms with van der Waals surface area (Å²) in [5.74, 6) is 0.801. The van der Waals surface area contributed by atoms with E-state index in [0.717, 1.165) is 31.2 Å². The summed E-state index contributed by atoms with van der Waals surface area (Å²) in [5, 5.41) is 12.6. The van der Waals surface area contributed by atoms with Crippen molar-refractivity contribution in [2.75, 3.05) is 26.2 Å². The van der Waals surface area contributed by atoms with E-state index in [0.29, 0.717) is 12.6 Å². The highest BCUT2D eigenvalue weighted by atomic mass is 16.3. The number of rotatable bonds is 6. The molecule has 100 valence electrons. The SMILES string of the molecule is Cc1nccc(CN(CCO)CC2CCCN2)n1. The summed E-state index contributed by atoms with van der Waals surface area (Å²) in [6, 6.07) is 2.50. The minimum absolute atomic E-state index is 0.191. The largest absolute Gasteiger partial charge is 0.395 e. The number of aromatic nitrogens is 2. The Morgan fingerprint density at radius 2 is 2.44 bits per heavy atom. The Labute approximate surface area is 108 Å². The van der Waals surface area contributed by atoms with Crippen molar-refractivity contribution in [1.82, 2.24) is 20.2 Å². The zero-order valence-corrected chi connectivity index (χ0v) is 11.0. The number of nitrogens with one attached hydrogen (secondary N) is 1. The van der Waals surface area contributed by atoms with Gasteiger partial charge in [0.1, 0.15) is 5.82 Å². The third kappa shape index (κ3) is 4.01. The summed E-state index contributed by atoms with van der Waals surface area (Å²) in [6.45, 7) is 5.66. The molecule has 1 atom stereocenters. The van der Waals surface area contributed by atoms with E-state index in [-0.39, 0.29) is 6.61 Å². The molecule has 0 bridgehead atoms. The topological polar surface area (TPSA) is 61.3 Å². The van der Waals surface area contributed by atoms with Gasteiger partial charge in [-0.25, -0.2) is 9.97 Å². The van der Waals surface area contributed by atoms with E-state index in [4.69, 9.17) is 5.11 Å². The predicted molar refractivity (Wildman–Crippen MR) is 70.2 cm³/mol. The Bertz CT molecular complexity index is 366. The van der Waals surface area contributed by atoms with E-state index in [1.54, 1.807) is 6.20 Å². The van der Waals surface area contributed by atoms with E-state index < -0.39 is 0 Å². The van der Waals surface area contributed by atoms with Gasteiger partial charge in [0.15, 0.2) is 0 Å². The van der Waals surface area contributed by atoms with Crippen LogP contribution in [-0.2, 0) is 6.54 Å². The smallest absolute Gasteiger partial charge is 0.125 e. The van der Waals surface area contributed by atoms with Crippen LogP contribution >= 0.6 is 0 Å². The highest BCUT2D eigenvalue weighted by Gasteiger charge is 2.18. The van der Waals surface area contributed by atoms with Crippen LogP contribution in [0.2, 0.25) is 0 Å². The first-order valence-electron chi connectivity index (χ1n) is 6.63. The number of aliphatic hydroxyl groups is 1. The lowest BCUT2D eigenvalue weighted by Crippen LogP contribution is -2.38. The van der Waals surface area contributed by atoms with E-state index in [2.05, 4.69) is 20.2 Å². The third-order valence-electron chi connectivity index (χ3n) is 3.28. The van der Waals surface area contributed by atoms with Crippen LogP contribution in [0.5, 0.6) is 0 Å². The highest BCUT2D eigenvalue weighted by molar-refractivity contribution is 5.01. The average molecular weight is 250 g/mol. The van der Waals surface area contributed by atoms with Crippen molar-refractivity contribution >= 4 is 0 Å². The number of aryl methyl sites for hydroxylation is 1. The molecule has 0 saturated carbocycles. The fourth-order valence-electron chi connectivity index (χ4n) is 2.42. The maximum atomic E-state index is 9.15. The fraction of sp³-hybridized carbons (Fsp3) is 0.692.